The number of ether oxygens (including phenoxy) is 1. The molecular weight excluding hydrogens is 337 g/mol. The maximum atomic E-state index is 14.3. The lowest BCUT2D eigenvalue weighted by atomic mass is 10.1. The Morgan fingerprint density at radius 3 is 2.91 bits per heavy atom. The highest BCUT2D eigenvalue weighted by atomic mass is 35.5. The van der Waals surface area contributed by atoms with Gasteiger partial charge in [-0.1, -0.05) is 11.6 Å². The highest BCUT2D eigenvalue weighted by Gasteiger charge is 2.16. The molecule has 0 bridgehead atoms. The predicted octanol–water partition coefficient (Wildman–Crippen LogP) is 4.46. The second-order valence-electron chi connectivity index (χ2n) is 4.99. The van der Waals surface area contributed by atoms with E-state index in [4.69, 9.17) is 16.3 Å². The number of fused-ring (bicyclic) bond motifs is 1. The van der Waals surface area contributed by atoms with Crippen molar-refractivity contribution < 1.29 is 9.13 Å². The lowest BCUT2D eigenvalue weighted by Crippen LogP contribution is -2.07. The van der Waals surface area contributed by atoms with Crippen LogP contribution in [0.2, 0.25) is 5.15 Å². The van der Waals surface area contributed by atoms with E-state index in [9.17, 15) is 4.39 Å². The Kier molecular flexibility index (Phi) is 4.63. The van der Waals surface area contributed by atoms with E-state index in [0.29, 0.717) is 35.1 Å². The number of halogens is 2. The summed E-state index contributed by atoms with van der Waals surface area (Å²) < 4.78 is 20.5. The molecule has 0 unspecified atom stereocenters. The van der Waals surface area contributed by atoms with Gasteiger partial charge in [-0.3, -0.25) is 0 Å². The third-order valence-electron chi connectivity index (χ3n) is 3.59. The number of hydrogen-bond acceptors (Lipinski definition) is 5. The van der Waals surface area contributed by atoms with Crippen LogP contribution in [0, 0.1) is 12.7 Å². The lowest BCUT2D eigenvalue weighted by molar-refractivity contribution is 0.420. The fraction of sp³-hybridized carbons (Fsp3) is 0.250. The van der Waals surface area contributed by atoms with Crippen molar-refractivity contribution in [3.8, 4) is 5.75 Å². The normalized spacial score (nSPS) is 11.0. The van der Waals surface area contributed by atoms with Gasteiger partial charge in [-0.05, 0) is 31.0 Å². The van der Waals surface area contributed by atoms with Gasteiger partial charge in [-0.15, -0.1) is 11.3 Å². The molecule has 0 saturated heterocycles. The fourth-order valence-corrected chi connectivity index (χ4v) is 3.88. The van der Waals surface area contributed by atoms with Gasteiger partial charge < -0.3 is 10.1 Å². The summed E-state index contributed by atoms with van der Waals surface area (Å²) in [7, 11) is 1.60. The van der Waals surface area contributed by atoms with Crippen LogP contribution in [0.15, 0.2) is 24.5 Å². The van der Waals surface area contributed by atoms with Crippen LogP contribution < -0.4 is 10.1 Å². The molecule has 0 aliphatic rings. The molecule has 7 heteroatoms. The van der Waals surface area contributed by atoms with E-state index in [2.05, 4.69) is 15.3 Å². The molecule has 3 aromatic rings. The standard InChI is InChI=1S/C16H15ClFN3OS/c1-9-10(5-6-19-14-7-13(17)20-8-21-14)15-11(18)3-4-12(22-2)16(15)23-9/h3-4,7-8H,5-6H2,1-2H3,(H,19,20,21). The Morgan fingerprint density at radius 2 is 2.17 bits per heavy atom. The average Bonchev–Trinajstić information content (AvgIpc) is 2.86. The van der Waals surface area contributed by atoms with Gasteiger partial charge in [0, 0.05) is 22.9 Å². The molecule has 4 nitrogen and oxygen atoms in total. The van der Waals surface area contributed by atoms with Crippen molar-refractivity contribution >= 4 is 38.8 Å². The Bertz CT molecular complexity index is 853. The SMILES string of the molecule is COc1ccc(F)c2c(CCNc3cc(Cl)ncn3)c(C)sc12. The topological polar surface area (TPSA) is 47.0 Å². The first-order valence-electron chi connectivity index (χ1n) is 7.06. The molecule has 120 valence electrons. The molecule has 0 atom stereocenters. The van der Waals surface area contributed by atoms with Gasteiger partial charge >= 0.3 is 0 Å². The highest BCUT2D eigenvalue weighted by Crippen LogP contribution is 2.38. The molecule has 2 aromatic heterocycles. The molecule has 0 aliphatic heterocycles. The lowest BCUT2D eigenvalue weighted by Gasteiger charge is -2.07. The third kappa shape index (κ3) is 3.23. The second kappa shape index (κ2) is 6.68. The summed E-state index contributed by atoms with van der Waals surface area (Å²) in [6.45, 7) is 2.62. The molecule has 23 heavy (non-hydrogen) atoms. The van der Waals surface area contributed by atoms with Crippen molar-refractivity contribution in [2.45, 2.75) is 13.3 Å². The van der Waals surface area contributed by atoms with Crippen LogP contribution in [0.5, 0.6) is 5.75 Å². The first-order chi connectivity index (χ1) is 11.1. The van der Waals surface area contributed by atoms with Gasteiger partial charge in [-0.25, -0.2) is 14.4 Å². The number of rotatable bonds is 5. The zero-order valence-corrected chi connectivity index (χ0v) is 14.3. The van der Waals surface area contributed by atoms with Crippen LogP contribution >= 0.6 is 22.9 Å². The zero-order chi connectivity index (χ0) is 16.4. The molecule has 3 rings (SSSR count). The Morgan fingerprint density at radius 1 is 1.35 bits per heavy atom. The summed E-state index contributed by atoms with van der Waals surface area (Å²) in [5.41, 5.74) is 0.994. The van der Waals surface area contributed by atoms with Crippen LogP contribution in [-0.2, 0) is 6.42 Å². The summed E-state index contributed by atoms with van der Waals surface area (Å²) in [5.74, 6) is 1.14. The number of benzene rings is 1. The van der Waals surface area contributed by atoms with Crippen molar-refractivity contribution in [3.05, 3.63) is 45.9 Å². The van der Waals surface area contributed by atoms with Gasteiger partial charge in [0.05, 0.1) is 11.8 Å². The Balaban J connectivity index is 1.84. The average molecular weight is 352 g/mol. The van der Waals surface area contributed by atoms with E-state index in [0.717, 1.165) is 15.1 Å². The maximum absolute atomic E-state index is 14.3. The van der Waals surface area contributed by atoms with Crippen LogP contribution in [0.1, 0.15) is 10.4 Å². The van der Waals surface area contributed by atoms with Gasteiger partial charge in [0.15, 0.2) is 0 Å². The van der Waals surface area contributed by atoms with Crippen LogP contribution in [0.25, 0.3) is 10.1 Å². The minimum absolute atomic E-state index is 0.217. The van der Waals surface area contributed by atoms with Crippen LogP contribution in [0.3, 0.4) is 0 Å². The summed E-state index contributed by atoms with van der Waals surface area (Å²) in [5, 5.41) is 4.21. The molecule has 0 spiro atoms. The van der Waals surface area contributed by atoms with Gasteiger partial charge in [-0.2, -0.15) is 0 Å². The van der Waals surface area contributed by atoms with E-state index in [-0.39, 0.29) is 5.82 Å². The van der Waals surface area contributed by atoms with Gasteiger partial charge in [0.1, 0.15) is 28.9 Å². The van der Waals surface area contributed by atoms with E-state index in [1.807, 2.05) is 6.92 Å². The quantitative estimate of drug-likeness (QED) is 0.689. The Hall–Kier alpha value is -1.92. The number of anilines is 1. The van der Waals surface area contributed by atoms with Crippen LogP contribution in [0.4, 0.5) is 10.2 Å². The third-order valence-corrected chi connectivity index (χ3v) is 4.96. The summed E-state index contributed by atoms with van der Waals surface area (Å²) in [6.07, 6.45) is 2.08. The van der Waals surface area contributed by atoms with E-state index >= 15 is 0 Å². The summed E-state index contributed by atoms with van der Waals surface area (Å²) >= 11 is 7.38. The molecular formula is C16H15ClFN3OS. The highest BCUT2D eigenvalue weighted by molar-refractivity contribution is 7.19. The number of methoxy groups -OCH3 is 1. The largest absolute Gasteiger partial charge is 0.495 e. The van der Waals surface area contributed by atoms with Crippen molar-refractivity contribution in [1.82, 2.24) is 9.97 Å². The first-order valence-corrected chi connectivity index (χ1v) is 8.25. The number of hydrogen-bond donors (Lipinski definition) is 1. The van der Waals surface area contributed by atoms with Crippen molar-refractivity contribution in [2.75, 3.05) is 19.0 Å². The number of aromatic nitrogens is 2. The van der Waals surface area contributed by atoms with Gasteiger partial charge in [0.2, 0.25) is 0 Å². The zero-order valence-electron chi connectivity index (χ0n) is 12.7. The molecule has 0 fully saturated rings. The van der Waals surface area contributed by atoms with Gasteiger partial charge in [0.25, 0.3) is 0 Å². The monoisotopic (exact) mass is 351 g/mol. The Labute approximate surface area is 142 Å². The van der Waals surface area contributed by atoms with E-state index in [1.54, 1.807) is 30.6 Å². The molecule has 1 N–H and O–H groups in total. The minimum atomic E-state index is -0.217. The fourth-order valence-electron chi connectivity index (χ4n) is 2.52. The second-order valence-corrected chi connectivity index (χ2v) is 6.61. The molecule has 0 aliphatic carbocycles. The van der Waals surface area contributed by atoms with Crippen molar-refractivity contribution in [3.63, 3.8) is 0 Å². The summed E-state index contributed by atoms with van der Waals surface area (Å²) in [6, 6.07) is 4.77. The number of nitrogens with zero attached hydrogens (tertiary/aromatic N) is 2. The predicted molar refractivity (Wildman–Crippen MR) is 92.3 cm³/mol. The molecule has 0 amide bonds. The number of nitrogens with one attached hydrogen (secondary N) is 1. The molecule has 2 heterocycles. The van der Waals surface area contributed by atoms with Crippen LogP contribution in [-0.4, -0.2) is 23.6 Å². The number of thiophene rings is 1. The van der Waals surface area contributed by atoms with E-state index < -0.39 is 0 Å². The maximum Gasteiger partial charge on any atom is 0.136 e. The smallest absolute Gasteiger partial charge is 0.136 e. The summed E-state index contributed by atoms with van der Waals surface area (Å²) in [4.78, 5) is 9.01. The molecule has 1 aromatic carbocycles. The first kappa shape index (κ1) is 16.0. The molecule has 0 saturated carbocycles. The van der Waals surface area contributed by atoms with Crippen molar-refractivity contribution in [2.24, 2.45) is 0 Å². The van der Waals surface area contributed by atoms with E-state index in [1.165, 1.54) is 12.4 Å². The molecule has 0 radical (unpaired) electrons. The van der Waals surface area contributed by atoms with Crippen molar-refractivity contribution in [1.29, 1.82) is 0 Å². The minimum Gasteiger partial charge on any atom is -0.495 e. The number of aryl methyl sites for hydroxylation is 1.